The lowest BCUT2D eigenvalue weighted by Crippen LogP contribution is -2.37. The molecule has 0 spiro atoms. The van der Waals surface area contributed by atoms with E-state index in [1.807, 2.05) is 0 Å². The van der Waals surface area contributed by atoms with Crippen molar-refractivity contribution in [3.8, 4) is 0 Å². The lowest BCUT2D eigenvalue weighted by molar-refractivity contribution is -0.384. The number of benzene rings is 1. The number of ketones is 1. The molecule has 1 N–H and O–H groups in total. The molecule has 1 aromatic heterocycles. The van der Waals surface area contributed by atoms with Crippen molar-refractivity contribution in [3.05, 3.63) is 66.9 Å². The van der Waals surface area contributed by atoms with Crippen LogP contribution in [0.4, 0.5) is 5.69 Å². The summed E-state index contributed by atoms with van der Waals surface area (Å²) in [4.78, 5) is 45.5. The van der Waals surface area contributed by atoms with Crippen molar-refractivity contribution in [2.75, 3.05) is 26.2 Å². The molecule has 0 bridgehead atoms. The van der Waals surface area contributed by atoms with Gasteiger partial charge in [-0.2, -0.15) is 0 Å². The summed E-state index contributed by atoms with van der Waals surface area (Å²) in [5, 5.41) is 22.5. The summed E-state index contributed by atoms with van der Waals surface area (Å²) in [6.45, 7) is 6.38. The Morgan fingerprint density at radius 2 is 1.88 bits per heavy atom. The quantitative estimate of drug-likeness (QED) is 0.386. The van der Waals surface area contributed by atoms with Crippen molar-refractivity contribution in [1.29, 1.82) is 0 Å². The van der Waals surface area contributed by atoms with E-state index in [0.717, 1.165) is 25.9 Å². The maximum atomic E-state index is 13.5. The van der Waals surface area contributed by atoms with Gasteiger partial charge in [0.15, 0.2) is 5.76 Å². The third kappa shape index (κ3) is 4.03. The largest absolute Gasteiger partial charge is 0.503 e. The minimum Gasteiger partial charge on any atom is -0.503 e. The second kappa shape index (κ2) is 8.79. The average Bonchev–Trinajstić information content (AvgIpc) is 3.46. The summed E-state index contributed by atoms with van der Waals surface area (Å²) < 4.78 is 0. The number of rotatable bonds is 7. The van der Waals surface area contributed by atoms with Crippen LogP contribution in [-0.4, -0.2) is 62.7 Å². The van der Waals surface area contributed by atoms with Crippen LogP contribution in [0.25, 0.3) is 0 Å². The van der Waals surface area contributed by atoms with Crippen molar-refractivity contribution in [3.63, 3.8) is 0 Å². The molecule has 1 fully saturated rings. The summed E-state index contributed by atoms with van der Waals surface area (Å²) in [6, 6.07) is 4.95. The topological polar surface area (TPSA) is 117 Å². The van der Waals surface area contributed by atoms with Crippen LogP contribution in [-0.2, 0) is 4.79 Å². The fourth-order valence-corrected chi connectivity index (χ4v) is 5.23. The van der Waals surface area contributed by atoms with E-state index in [9.17, 15) is 24.8 Å². The number of likely N-dealkylation sites (tertiary alicyclic amines) is 1. The number of nitro benzene ring substituents is 1. The molecule has 1 atom stereocenters. The Morgan fingerprint density at radius 1 is 1.22 bits per heavy atom. The zero-order valence-electron chi connectivity index (χ0n) is 17.9. The number of aromatic nitrogens is 1. The van der Waals surface area contributed by atoms with E-state index in [1.54, 1.807) is 13.8 Å². The first-order valence-corrected chi connectivity index (χ1v) is 11.3. The van der Waals surface area contributed by atoms with Gasteiger partial charge in [-0.05, 0) is 57.5 Å². The van der Waals surface area contributed by atoms with E-state index in [0.29, 0.717) is 34.2 Å². The van der Waals surface area contributed by atoms with Gasteiger partial charge in [0.1, 0.15) is 0 Å². The summed E-state index contributed by atoms with van der Waals surface area (Å²) in [7, 11) is 0. The van der Waals surface area contributed by atoms with Gasteiger partial charge in [-0.1, -0.05) is 0 Å². The van der Waals surface area contributed by atoms with Gasteiger partial charge in [0.05, 0.1) is 32.1 Å². The Hall–Kier alpha value is -3.11. The van der Waals surface area contributed by atoms with Crippen molar-refractivity contribution in [1.82, 2.24) is 14.8 Å². The number of carbonyl (C=O) groups excluding carboxylic acids is 2. The van der Waals surface area contributed by atoms with Crippen LogP contribution in [0.3, 0.4) is 0 Å². The van der Waals surface area contributed by atoms with E-state index in [2.05, 4.69) is 9.88 Å². The van der Waals surface area contributed by atoms with Crippen molar-refractivity contribution >= 4 is 28.7 Å². The van der Waals surface area contributed by atoms with Crippen LogP contribution >= 0.6 is 11.3 Å². The Morgan fingerprint density at radius 3 is 2.44 bits per heavy atom. The van der Waals surface area contributed by atoms with Crippen molar-refractivity contribution in [2.24, 2.45) is 0 Å². The molecule has 168 valence electrons. The number of amides is 1. The monoisotopic (exact) mass is 456 g/mol. The van der Waals surface area contributed by atoms with Crippen LogP contribution in [0.5, 0.6) is 0 Å². The van der Waals surface area contributed by atoms with Gasteiger partial charge in [0.25, 0.3) is 11.6 Å². The minimum absolute atomic E-state index is 0.00275. The summed E-state index contributed by atoms with van der Waals surface area (Å²) >= 11 is 1.22. The smallest absolute Gasteiger partial charge is 0.290 e. The molecule has 2 aromatic rings. The summed E-state index contributed by atoms with van der Waals surface area (Å²) in [6.07, 6.45) is 2.22. The lowest BCUT2D eigenvalue weighted by atomic mass is 9.95. The second-order valence-corrected chi connectivity index (χ2v) is 9.24. The number of Topliss-reactive ketones (excluding diaryl/α,β-unsaturated/α-hetero) is 1. The number of hydrogen-bond donors (Lipinski definition) is 1. The molecule has 0 aliphatic carbocycles. The molecule has 9 nitrogen and oxygen atoms in total. The lowest BCUT2D eigenvalue weighted by Gasteiger charge is -2.28. The SMILES string of the molecule is Cc1nc(C)c(C(=O)C2=C(O)C(=O)N(CCN3CCCC3)C2c2ccc([N+](=O)[O-])cc2)s1. The Kier molecular flexibility index (Phi) is 6.07. The number of aliphatic hydroxyl groups excluding tert-OH is 1. The molecule has 1 saturated heterocycles. The highest BCUT2D eigenvalue weighted by atomic mass is 32.1. The average molecular weight is 457 g/mol. The summed E-state index contributed by atoms with van der Waals surface area (Å²) in [5.41, 5.74) is 0.994. The van der Waals surface area contributed by atoms with E-state index >= 15 is 0 Å². The number of aryl methyl sites for hydroxylation is 2. The van der Waals surface area contributed by atoms with E-state index in [-0.39, 0.29) is 11.3 Å². The van der Waals surface area contributed by atoms with Crippen LogP contribution in [0, 0.1) is 24.0 Å². The number of nitro groups is 1. The molecular weight excluding hydrogens is 432 g/mol. The molecule has 4 rings (SSSR count). The molecule has 3 heterocycles. The highest BCUT2D eigenvalue weighted by Gasteiger charge is 2.44. The number of carbonyl (C=O) groups is 2. The van der Waals surface area contributed by atoms with Crippen LogP contribution in [0.15, 0.2) is 35.6 Å². The van der Waals surface area contributed by atoms with Gasteiger partial charge in [0.2, 0.25) is 5.78 Å². The highest BCUT2D eigenvalue weighted by molar-refractivity contribution is 7.14. The number of hydrogen-bond acceptors (Lipinski definition) is 8. The Labute approximate surface area is 189 Å². The predicted octanol–water partition coefficient (Wildman–Crippen LogP) is 3.34. The maximum absolute atomic E-state index is 13.5. The first-order chi connectivity index (χ1) is 15.3. The number of nitrogens with zero attached hydrogens (tertiary/aromatic N) is 4. The van der Waals surface area contributed by atoms with E-state index < -0.39 is 28.4 Å². The van der Waals surface area contributed by atoms with Gasteiger partial charge in [-0.25, -0.2) is 4.98 Å². The van der Waals surface area contributed by atoms with Gasteiger partial charge in [-0.3, -0.25) is 19.7 Å². The number of thiazole rings is 1. The maximum Gasteiger partial charge on any atom is 0.290 e. The molecule has 0 saturated carbocycles. The minimum atomic E-state index is -0.819. The second-order valence-electron chi connectivity index (χ2n) is 8.04. The molecule has 1 aromatic carbocycles. The van der Waals surface area contributed by atoms with Gasteiger partial charge >= 0.3 is 0 Å². The number of aliphatic hydroxyl groups is 1. The van der Waals surface area contributed by atoms with Crippen molar-refractivity contribution < 1.29 is 19.6 Å². The molecule has 10 heteroatoms. The van der Waals surface area contributed by atoms with Gasteiger partial charge in [0, 0.05) is 25.2 Å². The van der Waals surface area contributed by atoms with Crippen molar-refractivity contribution in [2.45, 2.75) is 32.7 Å². The van der Waals surface area contributed by atoms with Crippen LogP contribution in [0.2, 0.25) is 0 Å². The summed E-state index contributed by atoms with van der Waals surface area (Å²) in [5.74, 6) is -1.61. The Balaban J connectivity index is 1.72. The van der Waals surface area contributed by atoms with Crippen LogP contribution in [0.1, 0.15) is 44.8 Å². The molecule has 2 aliphatic rings. The molecule has 1 amide bonds. The standard InChI is InChI=1S/C22H24N4O5S/c1-13-21(32-14(2)23-13)19(27)17-18(15-5-7-16(8-6-15)26(30)31)25(22(29)20(17)28)12-11-24-9-3-4-10-24/h5-8,18,28H,3-4,9-12H2,1-2H3. The third-order valence-corrected chi connectivity index (χ3v) is 7.01. The normalized spacial score (nSPS) is 19.2. The van der Waals surface area contributed by atoms with Gasteiger partial charge < -0.3 is 14.9 Å². The number of non-ortho nitro benzene ring substituents is 1. The molecule has 32 heavy (non-hydrogen) atoms. The molecule has 1 unspecified atom stereocenters. The molecule has 0 radical (unpaired) electrons. The zero-order valence-corrected chi connectivity index (χ0v) is 18.7. The fraction of sp³-hybridized carbons (Fsp3) is 0.409. The first-order valence-electron chi connectivity index (χ1n) is 10.5. The third-order valence-electron chi connectivity index (χ3n) is 5.93. The highest BCUT2D eigenvalue weighted by Crippen LogP contribution is 2.40. The van der Waals surface area contributed by atoms with E-state index in [4.69, 9.17) is 0 Å². The van der Waals surface area contributed by atoms with Crippen LogP contribution < -0.4 is 0 Å². The zero-order chi connectivity index (χ0) is 23.0. The fourth-order valence-electron chi connectivity index (χ4n) is 4.36. The first kappa shape index (κ1) is 22.1. The Bertz CT molecular complexity index is 1100. The molecular formula is C22H24N4O5S. The van der Waals surface area contributed by atoms with Gasteiger partial charge in [-0.15, -0.1) is 11.3 Å². The predicted molar refractivity (Wildman–Crippen MR) is 119 cm³/mol. The van der Waals surface area contributed by atoms with E-state index in [1.165, 1.54) is 40.5 Å². The molecule has 2 aliphatic heterocycles.